The molecule has 1 amide bonds. The van der Waals surface area contributed by atoms with Crippen molar-refractivity contribution in [3.8, 4) is 16.9 Å². The van der Waals surface area contributed by atoms with Crippen molar-refractivity contribution >= 4 is 17.6 Å². The van der Waals surface area contributed by atoms with E-state index in [0.717, 1.165) is 27.8 Å². The predicted molar refractivity (Wildman–Crippen MR) is 157 cm³/mol. The van der Waals surface area contributed by atoms with Gasteiger partial charge in [0.15, 0.2) is 5.54 Å². The van der Waals surface area contributed by atoms with E-state index in [1.807, 2.05) is 72.8 Å². The molecular formula is C34H34N2O4. The third-order valence-electron chi connectivity index (χ3n) is 7.59. The van der Waals surface area contributed by atoms with E-state index >= 15 is 0 Å². The Labute approximate surface area is 235 Å². The molecule has 1 atom stereocenters. The van der Waals surface area contributed by atoms with Gasteiger partial charge in [0.25, 0.3) is 5.91 Å². The fourth-order valence-electron chi connectivity index (χ4n) is 5.66. The van der Waals surface area contributed by atoms with E-state index in [1.165, 1.54) is 7.11 Å². The number of aromatic nitrogens is 1. The second-order valence-electron chi connectivity index (χ2n) is 11.3. The highest BCUT2D eigenvalue weighted by molar-refractivity contribution is 6.13. The molecule has 1 aromatic heterocycles. The summed E-state index contributed by atoms with van der Waals surface area (Å²) >= 11 is 0. The highest BCUT2D eigenvalue weighted by atomic mass is 16.5. The van der Waals surface area contributed by atoms with E-state index in [-0.39, 0.29) is 11.3 Å². The number of carbonyl (C=O) groups excluding carboxylic acids is 2. The summed E-state index contributed by atoms with van der Waals surface area (Å²) in [5.74, 6) is -0.105. The van der Waals surface area contributed by atoms with Crippen molar-refractivity contribution in [1.29, 1.82) is 0 Å². The van der Waals surface area contributed by atoms with Crippen LogP contribution in [0.15, 0.2) is 91.3 Å². The number of nitrogens with zero attached hydrogens (tertiary/aromatic N) is 2. The number of pyridine rings is 1. The third-order valence-corrected chi connectivity index (χ3v) is 7.59. The predicted octanol–water partition coefficient (Wildman–Crippen LogP) is 6.41. The Morgan fingerprint density at radius 3 is 2.35 bits per heavy atom. The Hall–Kier alpha value is -4.45. The minimum Gasteiger partial charge on any atom is -0.496 e. The van der Waals surface area contributed by atoms with Crippen LogP contribution in [-0.2, 0) is 27.8 Å². The minimum absolute atomic E-state index is 0.168. The second kappa shape index (κ2) is 10.6. The maximum Gasteiger partial charge on any atom is 0.332 e. The Balaban J connectivity index is 1.68. The number of methoxy groups -OCH3 is 2. The molecule has 5 rings (SSSR count). The molecule has 6 nitrogen and oxygen atoms in total. The molecule has 0 radical (unpaired) electrons. The van der Waals surface area contributed by atoms with Crippen molar-refractivity contribution in [3.05, 3.63) is 114 Å². The Bertz CT molecular complexity index is 1540. The van der Waals surface area contributed by atoms with Crippen LogP contribution >= 0.6 is 0 Å². The van der Waals surface area contributed by atoms with Crippen LogP contribution in [0.25, 0.3) is 11.1 Å². The van der Waals surface area contributed by atoms with Gasteiger partial charge in [-0.3, -0.25) is 14.7 Å². The molecule has 4 aromatic rings. The van der Waals surface area contributed by atoms with Gasteiger partial charge >= 0.3 is 5.97 Å². The maximum atomic E-state index is 14.5. The first-order chi connectivity index (χ1) is 19.2. The number of amides is 1. The fraction of sp³-hybridized carbons (Fsp3) is 0.265. The van der Waals surface area contributed by atoms with Crippen molar-refractivity contribution in [2.45, 2.75) is 44.6 Å². The Morgan fingerprint density at radius 1 is 0.925 bits per heavy atom. The average molecular weight is 535 g/mol. The summed E-state index contributed by atoms with van der Waals surface area (Å²) in [6.45, 7) is 6.31. The molecular weight excluding hydrogens is 500 g/mol. The number of benzene rings is 3. The summed E-state index contributed by atoms with van der Waals surface area (Å²) in [5, 5.41) is 0. The van der Waals surface area contributed by atoms with E-state index in [9.17, 15) is 9.59 Å². The molecule has 0 saturated carbocycles. The number of hydrogen-bond donors (Lipinski definition) is 0. The molecule has 1 unspecified atom stereocenters. The summed E-state index contributed by atoms with van der Waals surface area (Å²) in [7, 11) is 2.99. The summed E-state index contributed by atoms with van der Waals surface area (Å²) in [6.07, 6.45) is 4.17. The van der Waals surface area contributed by atoms with Gasteiger partial charge in [-0.05, 0) is 63.6 Å². The quantitative estimate of drug-likeness (QED) is 0.267. The van der Waals surface area contributed by atoms with Gasteiger partial charge in [0.2, 0.25) is 0 Å². The monoisotopic (exact) mass is 534 g/mol. The van der Waals surface area contributed by atoms with Gasteiger partial charge in [-0.1, -0.05) is 69.3 Å². The first-order valence-corrected chi connectivity index (χ1v) is 13.4. The van der Waals surface area contributed by atoms with Crippen LogP contribution in [0.5, 0.6) is 5.75 Å². The van der Waals surface area contributed by atoms with Gasteiger partial charge in [-0.15, -0.1) is 0 Å². The zero-order valence-corrected chi connectivity index (χ0v) is 23.6. The lowest BCUT2D eigenvalue weighted by Crippen LogP contribution is -2.58. The lowest BCUT2D eigenvalue weighted by Gasteiger charge is -2.36. The number of carbonyl (C=O) groups is 2. The largest absolute Gasteiger partial charge is 0.496 e. The van der Waals surface area contributed by atoms with Gasteiger partial charge in [-0.2, -0.15) is 0 Å². The van der Waals surface area contributed by atoms with Crippen LogP contribution in [0.3, 0.4) is 0 Å². The Kier molecular flexibility index (Phi) is 7.19. The first kappa shape index (κ1) is 27.1. The topological polar surface area (TPSA) is 68.7 Å². The van der Waals surface area contributed by atoms with Gasteiger partial charge in [0.05, 0.1) is 14.2 Å². The zero-order chi connectivity index (χ0) is 28.5. The first-order valence-electron chi connectivity index (χ1n) is 13.4. The SMILES string of the molecule is COC(=O)C1(Cc2ccccc2)Cc2cc(-c3cccnc3)ccc2N1C(=O)c1ccc(C(C)(C)C)c(OC)c1. The number of fused-ring (bicyclic) bond motifs is 1. The molecule has 0 bridgehead atoms. The normalized spacial score (nSPS) is 16.4. The molecule has 0 fully saturated rings. The molecule has 1 aliphatic heterocycles. The number of anilines is 1. The van der Waals surface area contributed by atoms with E-state index in [4.69, 9.17) is 9.47 Å². The second-order valence-corrected chi connectivity index (χ2v) is 11.3. The summed E-state index contributed by atoms with van der Waals surface area (Å²) in [5.41, 5.74) is 4.46. The smallest absolute Gasteiger partial charge is 0.332 e. The number of rotatable bonds is 6. The van der Waals surface area contributed by atoms with Crippen LogP contribution in [0.1, 0.15) is 47.8 Å². The van der Waals surface area contributed by atoms with Gasteiger partial charge < -0.3 is 9.47 Å². The van der Waals surface area contributed by atoms with Crippen molar-refractivity contribution in [1.82, 2.24) is 4.98 Å². The maximum absolute atomic E-state index is 14.5. The molecule has 6 heteroatoms. The standard InChI is InChI=1S/C34H34N2O4/c1-33(2,3)28-15-13-25(19-30(28)39-4)31(37)36-29-16-14-24(26-12-9-17-35-22-26)18-27(29)21-34(36,32(38)40-5)20-23-10-7-6-8-11-23/h6-19,22H,20-21H2,1-5H3. The Morgan fingerprint density at radius 2 is 1.70 bits per heavy atom. The summed E-state index contributed by atoms with van der Waals surface area (Å²) in [6, 6.07) is 25.1. The molecule has 0 spiro atoms. The van der Waals surface area contributed by atoms with Crippen LogP contribution in [0, 0.1) is 0 Å². The molecule has 204 valence electrons. The van der Waals surface area contributed by atoms with Crippen LogP contribution in [0.4, 0.5) is 5.69 Å². The lowest BCUT2D eigenvalue weighted by atomic mass is 9.85. The number of ether oxygens (including phenoxy) is 2. The zero-order valence-electron chi connectivity index (χ0n) is 23.6. The van der Waals surface area contributed by atoms with Crippen LogP contribution < -0.4 is 9.64 Å². The third kappa shape index (κ3) is 4.86. The molecule has 40 heavy (non-hydrogen) atoms. The number of esters is 1. The highest BCUT2D eigenvalue weighted by Crippen LogP contribution is 2.45. The molecule has 0 N–H and O–H groups in total. The summed E-state index contributed by atoms with van der Waals surface area (Å²) < 4.78 is 11.1. The van der Waals surface area contributed by atoms with Crippen LogP contribution in [-0.4, -0.2) is 36.6 Å². The van der Waals surface area contributed by atoms with Gasteiger partial charge in [0, 0.05) is 36.5 Å². The average Bonchev–Trinajstić information content (AvgIpc) is 3.30. The van der Waals surface area contributed by atoms with Crippen molar-refractivity contribution < 1.29 is 19.1 Å². The molecule has 0 saturated heterocycles. The van der Waals surface area contributed by atoms with E-state index in [1.54, 1.807) is 30.5 Å². The molecule has 0 aliphatic carbocycles. The van der Waals surface area contributed by atoms with E-state index < -0.39 is 11.5 Å². The van der Waals surface area contributed by atoms with Gasteiger partial charge in [-0.25, -0.2) is 4.79 Å². The summed E-state index contributed by atoms with van der Waals surface area (Å²) in [4.78, 5) is 34.1. The van der Waals surface area contributed by atoms with E-state index in [2.05, 4.69) is 25.8 Å². The number of hydrogen-bond acceptors (Lipinski definition) is 5. The van der Waals surface area contributed by atoms with Crippen molar-refractivity contribution in [2.24, 2.45) is 0 Å². The van der Waals surface area contributed by atoms with Gasteiger partial charge in [0.1, 0.15) is 5.75 Å². The van der Waals surface area contributed by atoms with E-state index in [0.29, 0.717) is 29.8 Å². The highest BCUT2D eigenvalue weighted by Gasteiger charge is 2.53. The fourth-order valence-corrected chi connectivity index (χ4v) is 5.66. The lowest BCUT2D eigenvalue weighted by molar-refractivity contribution is -0.146. The molecule has 1 aliphatic rings. The molecule has 2 heterocycles. The molecule has 3 aromatic carbocycles. The van der Waals surface area contributed by atoms with Crippen molar-refractivity contribution in [3.63, 3.8) is 0 Å². The van der Waals surface area contributed by atoms with Crippen LogP contribution in [0.2, 0.25) is 0 Å². The van der Waals surface area contributed by atoms with Crippen molar-refractivity contribution in [2.75, 3.05) is 19.1 Å². The minimum atomic E-state index is -1.26.